The molecule has 0 spiro atoms. The first-order chi connectivity index (χ1) is 13.0. The van der Waals surface area contributed by atoms with Gasteiger partial charge >= 0.3 is 0 Å². The molecule has 1 fully saturated rings. The molecule has 2 rings (SSSR count). The normalized spacial score (nSPS) is 18.2. The zero-order chi connectivity index (χ0) is 19.6. The van der Waals surface area contributed by atoms with Crippen LogP contribution < -0.4 is 4.74 Å². The molecule has 1 aromatic carbocycles. The van der Waals surface area contributed by atoms with E-state index < -0.39 is 0 Å². The maximum absolute atomic E-state index is 12.9. The number of likely N-dealkylation sites (tertiary alicyclic amines) is 1. The summed E-state index contributed by atoms with van der Waals surface area (Å²) in [5.41, 5.74) is 0. The van der Waals surface area contributed by atoms with E-state index in [2.05, 4.69) is 30.7 Å². The second-order valence-electron chi connectivity index (χ2n) is 7.17. The summed E-state index contributed by atoms with van der Waals surface area (Å²) in [4.78, 5) is 19.2. The molecule has 6 heteroatoms. The monoisotopic (exact) mass is 379 g/mol. The van der Waals surface area contributed by atoms with Gasteiger partial charge in [0, 0.05) is 32.1 Å². The van der Waals surface area contributed by atoms with E-state index in [1.807, 2.05) is 4.90 Å². The van der Waals surface area contributed by atoms with Crippen LogP contribution in [-0.4, -0.2) is 79.6 Å². The number of benzene rings is 1. The van der Waals surface area contributed by atoms with Crippen LogP contribution in [0.1, 0.15) is 33.1 Å². The second kappa shape index (κ2) is 11.2. The summed E-state index contributed by atoms with van der Waals surface area (Å²) < 4.78 is 18.6. The van der Waals surface area contributed by atoms with Crippen molar-refractivity contribution in [2.75, 3.05) is 52.9 Å². The molecule has 1 saturated heterocycles. The maximum Gasteiger partial charge on any atom is 0.222 e. The summed E-state index contributed by atoms with van der Waals surface area (Å²) in [7, 11) is 2.17. The number of amides is 1. The molecule has 1 heterocycles. The summed E-state index contributed by atoms with van der Waals surface area (Å²) in [6, 6.07) is 6.43. The van der Waals surface area contributed by atoms with Crippen LogP contribution >= 0.6 is 0 Å². The fourth-order valence-corrected chi connectivity index (χ4v) is 3.53. The lowest BCUT2D eigenvalue weighted by atomic mass is 10.1. The van der Waals surface area contributed by atoms with Gasteiger partial charge in [-0.25, -0.2) is 4.39 Å². The third-order valence-electron chi connectivity index (χ3n) is 5.51. The van der Waals surface area contributed by atoms with Crippen molar-refractivity contribution in [3.05, 3.63) is 30.1 Å². The topological polar surface area (TPSA) is 36.0 Å². The average molecular weight is 380 g/mol. The van der Waals surface area contributed by atoms with E-state index in [4.69, 9.17) is 4.74 Å². The van der Waals surface area contributed by atoms with Crippen LogP contribution in [0, 0.1) is 5.82 Å². The number of rotatable bonds is 10. The minimum Gasteiger partial charge on any atom is -0.492 e. The van der Waals surface area contributed by atoms with E-state index in [0.717, 1.165) is 45.6 Å². The predicted octanol–water partition coefficient (Wildman–Crippen LogP) is 2.86. The lowest BCUT2D eigenvalue weighted by molar-refractivity contribution is -0.131. The van der Waals surface area contributed by atoms with Crippen molar-refractivity contribution in [1.82, 2.24) is 14.7 Å². The third-order valence-corrected chi connectivity index (χ3v) is 5.51. The highest BCUT2D eigenvalue weighted by molar-refractivity contribution is 5.76. The summed E-state index contributed by atoms with van der Waals surface area (Å²) in [5.74, 6) is 0.561. The van der Waals surface area contributed by atoms with Crippen molar-refractivity contribution in [2.45, 2.75) is 39.2 Å². The van der Waals surface area contributed by atoms with Crippen LogP contribution in [0.25, 0.3) is 0 Å². The lowest BCUT2D eigenvalue weighted by Crippen LogP contribution is -2.39. The maximum atomic E-state index is 12.9. The van der Waals surface area contributed by atoms with Gasteiger partial charge in [-0.1, -0.05) is 13.8 Å². The van der Waals surface area contributed by atoms with Gasteiger partial charge in [-0.2, -0.15) is 0 Å². The quantitative estimate of drug-likeness (QED) is 0.626. The molecule has 1 unspecified atom stereocenters. The standard InChI is InChI=1S/C21H34FN3O2/c1-4-24(5-2)15-14-23(3)19-8-11-21(26)25(13-12-19)16-17-27-20-9-6-18(22)7-10-20/h6-7,9-10,19H,4-5,8,11-17H2,1-3H3. The van der Waals surface area contributed by atoms with Crippen LogP contribution in [0.3, 0.4) is 0 Å². The van der Waals surface area contributed by atoms with Crippen molar-refractivity contribution in [2.24, 2.45) is 0 Å². The Morgan fingerprint density at radius 3 is 2.52 bits per heavy atom. The number of likely N-dealkylation sites (N-methyl/N-ethyl adjacent to an activating group) is 2. The van der Waals surface area contributed by atoms with Crippen molar-refractivity contribution in [3.8, 4) is 5.75 Å². The Kier molecular flexibility index (Phi) is 9.01. The van der Waals surface area contributed by atoms with Crippen molar-refractivity contribution in [1.29, 1.82) is 0 Å². The van der Waals surface area contributed by atoms with E-state index in [1.54, 1.807) is 12.1 Å². The number of hydrogen-bond acceptors (Lipinski definition) is 4. The van der Waals surface area contributed by atoms with Crippen LogP contribution in [0.4, 0.5) is 4.39 Å². The van der Waals surface area contributed by atoms with Gasteiger partial charge in [0.2, 0.25) is 5.91 Å². The van der Waals surface area contributed by atoms with Crippen LogP contribution in [0.2, 0.25) is 0 Å². The molecule has 0 aromatic heterocycles. The highest BCUT2D eigenvalue weighted by Crippen LogP contribution is 2.17. The molecular weight excluding hydrogens is 345 g/mol. The molecule has 5 nitrogen and oxygen atoms in total. The minimum absolute atomic E-state index is 0.206. The van der Waals surface area contributed by atoms with Crippen molar-refractivity contribution < 1.29 is 13.9 Å². The molecule has 1 aromatic rings. The third kappa shape index (κ3) is 7.11. The minimum atomic E-state index is -0.277. The van der Waals surface area contributed by atoms with E-state index in [0.29, 0.717) is 31.4 Å². The summed E-state index contributed by atoms with van der Waals surface area (Å²) in [6.07, 6.45) is 2.51. The first kappa shape index (κ1) is 21.6. The van der Waals surface area contributed by atoms with Gasteiger partial charge in [0.15, 0.2) is 0 Å². The summed E-state index contributed by atoms with van der Waals surface area (Å²) in [5, 5.41) is 0. The number of ether oxygens (including phenoxy) is 1. The number of nitrogens with zero attached hydrogens (tertiary/aromatic N) is 3. The first-order valence-electron chi connectivity index (χ1n) is 10.1. The second-order valence-corrected chi connectivity index (χ2v) is 7.17. The molecule has 1 amide bonds. The molecule has 0 saturated carbocycles. The largest absolute Gasteiger partial charge is 0.492 e. The summed E-state index contributed by atoms with van der Waals surface area (Å²) >= 11 is 0. The molecule has 1 aliphatic rings. The van der Waals surface area contributed by atoms with Gasteiger partial charge < -0.3 is 19.4 Å². The molecule has 27 heavy (non-hydrogen) atoms. The Hall–Kier alpha value is -1.66. The number of carbonyl (C=O) groups is 1. The average Bonchev–Trinajstić information content (AvgIpc) is 2.86. The molecule has 0 bridgehead atoms. The summed E-state index contributed by atoms with van der Waals surface area (Å²) in [6.45, 7) is 10.4. The number of halogens is 1. The Morgan fingerprint density at radius 1 is 1.15 bits per heavy atom. The lowest BCUT2D eigenvalue weighted by Gasteiger charge is -2.29. The first-order valence-corrected chi connectivity index (χ1v) is 10.1. The molecule has 0 aliphatic carbocycles. The van der Waals surface area contributed by atoms with Crippen LogP contribution in [0.5, 0.6) is 5.75 Å². The van der Waals surface area contributed by atoms with Gasteiger partial charge in [0.1, 0.15) is 18.2 Å². The number of carbonyl (C=O) groups excluding carboxylic acids is 1. The molecule has 1 atom stereocenters. The Morgan fingerprint density at radius 2 is 1.85 bits per heavy atom. The van der Waals surface area contributed by atoms with Crippen LogP contribution in [0.15, 0.2) is 24.3 Å². The SMILES string of the molecule is CCN(CC)CCN(C)C1CCC(=O)N(CCOc2ccc(F)cc2)CC1. The van der Waals surface area contributed by atoms with Gasteiger partial charge in [0.05, 0.1) is 6.54 Å². The number of hydrogen-bond donors (Lipinski definition) is 0. The molecule has 1 aliphatic heterocycles. The van der Waals surface area contributed by atoms with Crippen molar-refractivity contribution in [3.63, 3.8) is 0 Å². The van der Waals surface area contributed by atoms with E-state index >= 15 is 0 Å². The smallest absolute Gasteiger partial charge is 0.222 e. The van der Waals surface area contributed by atoms with Crippen LogP contribution in [-0.2, 0) is 4.79 Å². The molecular formula is C21H34FN3O2. The predicted molar refractivity (Wildman–Crippen MR) is 107 cm³/mol. The van der Waals surface area contributed by atoms with Gasteiger partial charge in [-0.3, -0.25) is 4.79 Å². The molecule has 0 radical (unpaired) electrons. The Bertz CT molecular complexity index is 563. The highest BCUT2D eigenvalue weighted by atomic mass is 19.1. The fourth-order valence-electron chi connectivity index (χ4n) is 3.53. The zero-order valence-electron chi connectivity index (χ0n) is 17.0. The van der Waals surface area contributed by atoms with Crippen molar-refractivity contribution >= 4 is 5.91 Å². The molecule has 152 valence electrons. The highest BCUT2D eigenvalue weighted by Gasteiger charge is 2.24. The van der Waals surface area contributed by atoms with E-state index in [-0.39, 0.29) is 11.7 Å². The fraction of sp³-hybridized carbons (Fsp3) is 0.667. The van der Waals surface area contributed by atoms with E-state index in [1.165, 1.54) is 12.1 Å². The zero-order valence-corrected chi connectivity index (χ0v) is 17.0. The van der Waals surface area contributed by atoms with Gasteiger partial charge in [0.25, 0.3) is 0 Å². The van der Waals surface area contributed by atoms with Gasteiger partial charge in [-0.15, -0.1) is 0 Å². The molecule has 0 N–H and O–H groups in total. The van der Waals surface area contributed by atoms with Gasteiger partial charge in [-0.05, 0) is 57.2 Å². The Balaban J connectivity index is 1.75. The Labute approximate surface area is 163 Å². The van der Waals surface area contributed by atoms with E-state index in [9.17, 15) is 9.18 Å².